The van der Waals surface area contributed by atoms with Crippen LogP contribution in [0.3, 0.4) is 0 Å². The Morgan fingerprint density at radius 1 is 1.25 bits per heavy atom. The molecule has 1 unspecified atom stereocenters. The van der Waals surface area contributed by atoms with Crippen LogP contribution in [-0.2, 0) is 4.79 Å². The molecule has 3 nitrogen and oxygen atoms in total. The number of amides is 1. The zero-order valence-electron chi connectivity index (χ0n) is 12.8. The lowest BCUT2D eigenvalue weighted by molar-refractivity contribution is -0.133. The molecule has 0 radical (unpaired) electrons. The second-order valence-corrected chi connectivity index (χ2v) is 7.73. The first-order valence-corrected chi connectivity index (χ1v) is 8.16. The number of carbonyl (C=O) groups is 1. The molecule has 0 heterocycles. The second-order valence-electron chi connectivity index (χ2n) is 7.73. The normalized spacial score (nSPS) is 39.4. The number of carbonyl (C=O) groups excluding carboxylic acids is 1. The Morgan fingerprint density at radius 3 is 2.20 bits per heavy atom. The van der Waals surface area contributed by atoms with Crippen LogP contribution >= 0.6 is 0 Å². The van der Waals surface area contributed by atoms with Crippen LogP contribution in [0.15, 0.2) is 0 Å². The monoisotopic (exact) mass is 274 g/mol. The largest absolute Gasteiger partial charge is 0.330 e. The number of rotatable bonds is 4. The van der Waals surface area contributed by atoms with Gasteiger partial charge in [0.25, 0.3) is 0 Å². The summed E-state index contributed by atoms with van der Waals surface area (Å²) < 4.78 is 0. The molecular weight excluding hydrogens is 248 g/mol. The third-order valence-corrected chi connectivity index (χ3v) is 6.20. The Kier molecular flexibility index (Phi) is 3.52. The molecule has 3 heteroatoms. The molecule has 4 saturated carbocycles. The van der Waals surface area contributed by atoms with Crippen molar-refractivity contribution >= 4 is 5.91 Å². The summed E-state index contributed by atoms with van der Waals surface area (Å²) in [5.74, 6) is 3.00. The highest BCUT2D eigenvalue weighted by molar-refractivity contribution is 5.76. The van der Waals surface area contributed by atoms with E-state index in [4.69, 9.17) is 5.26 Å². The summed E-state index contributed by atoms with van der Waals surface area (Å²) in [6, 6.07) is 1.84. The molecule has 0 spiro atoms. The molecule has 4 fully saturated rings. The Balaban J connectivity index is 1.59. The third-order valence-electron chi connectivity index (χ3n) is 6.20. The summed E-state index contributed by atoms with van der Waals surface area (Å²) in [5, 5.41) is 8.91. The lowest BCUT2D eigenvalue weighted by Crippen LogP contribution is -2.46. The van der Waals surface area contributed by atoms with Gasteiger partial charge in [0.15, 0.2) is 0 Å². The van der Waals surface area contributed by atoms with Crippen LogP contribution in [0.4, 0.5) is 0 Å². The number of nitrogens with zero attached hydrogens (tertiary/aromatic N) is 2. The van der Waals surface area contributed by atoms with E-state index < -0.39 is 0 Å². The van der Waals surface area contributed by atoms with Gasteiger partial charge in [0.1, 0.15) is 6.04 Å². The van der Waals surface area contributed by atoms with Gasteiger partial charge in [-0.2, -0.15) is 5.26 Å². The number of nitriles is 1. The van der Waals surface area contributed by atoms with Crippen LogP contribution in [0.2, 0.25) is 0 Å². The molecule has 4 bridgehead atoms. The summed E-state index contributed by atoms with van der Waals surface area (Å²) in [6.45, 7) is 1.79. The van der Waals surface area contributed by atoms with Crippen LogP contribution in [0.5, 0.6) is 0 Å². The second kappa shape index (κ2) is 5.06. The van der Waals surface area contributed by atoms with E-state index in [0.717, 1.165) is 24.2 Å². The lowest BCUT2D eigenvalue weighted by Gasteiger charge is -2.57. The minimum absolute atomic E-state index is 0.148. The van der Waals surface area contributed by atoms with Crippen LogP contribution < -0.4 is 0 Å². The Bertz CT molecular complexity index is 401. The van der Waals surface area contributed by atoms with Crippen molar-refractivity contribution in [2.75, 3.05) is 7.05 Å². The van der Waals surface area contributed by atoms with E-state index >= 15 is 0 Å². The Labute approximate surface area is 122 Å². The first kappa shape index (κ1) is 13.9. The molecule has 0 N–H and O–H groups in total. The van der Waals surface area contributed by atoms with Crippen molar-refractivity contribution in [2.24, 2.45) is 23.2 Å². The fourth-order valence-electron chi connectivity index (χ4n) is 5.45. The SMILES string of the molecule is CC(C#N)N(C)C(=O)CCC12CC3CC(CC(C3)C1)C2. The third kappa shape index (κ3) is 2.45. The maximum atomic E-state index is 12.2. The highest BCUT2D eigenvalue weighted by atomic mass is 16.2. The minimum Gasteiger partial charge on any atom is -0.330 e. The quantitative estimate of drug-likeness (QED) is 0.789. The van der Waals surface area contributed by atoms with Crippen molar-refractivity contribution < 1.29 is 4.79 Å². The zero-order chi connectivity index (χ0) is 14.3. The van der Waals surface area contributed by atoms with E-state index in [0.29, 0.717) is 11.8 Å². The standard InChI is InChI=1S/C17H26N2O/c1-12(11-18)19(2)16(20)3-4-17-8-13-5-14(9-17)7-15(6-13)10-17/h12-15H,3-10H2,1-2H3. The summed E-state index contributed by atoms with van der Waals surface area (Å²) in [5.41, 5.74) is 0.473. The molecular formula is C17H26N2O. The van der Waals surface area contributed by atoms with Gasteiger partial charge in [-0.15, -0.1) is 0 Å². The fourth-order valence-corrected chi connectivity index (χ4v) is 5.45. The van der Waals surface area contributed by atoms with E-state index in [2.05, 4.69) is 6.07 Å². The topological polar surface area (TPSA) is 44.1 Å². The van der Waals surface area contributed by atoms with Crippen molar-refractivity contribution in [1.29, 1.82) is 5.26 Å². The van der Waals surface area contributed by atoms with E-state index in [1.807, 2.05) is 0 Å². The van der Waals surface area contributed by atoms with Crippen molar-refractivity contribution in [3.63, 3.8) is 0 Å². The van der Waals surface area contributed by atoms with Gasteiger partial charge < -0.3 is 4.90 Å². The first-order chi connectivity index (χ1) is 9.51. The highest BCUT2D eigenvalue weighted by Crippen LogP contribution is 2.61. The van der Waals surface area contributed by atoms with Gasteiger partial charge in [0, 0.05) is 13.5 Å². The summed E-state index contributed by atoms with van der Waals surface area (Å²) in [7, 11) is 1.76. The van der Waals surface area contributed by atoms with Crippen LogP contribution in [-0.4, -0.2) is 23.9 Å². The molecule has 0 aromatic heterocycles. The van der Waals surface area contributed by atoms with Gasteiger partial charge >= 0.3 is 0 Å². The Morgan fingerprint density at radius 2 is 1.75 bits per heavy atom. The number of hydrogen-bond acceptors (Lipinski definition) is 2. The van der Waals surface area contributed by atoms with Gasteiger partial charge in [-0.1, -0.05) is 0 Å². The average Bonchev–Trinajstić information content (AvgIpc) is 2.41. The highest BCUT2D eigenvalue weighted by Gasteiger charge is 2.50. The van der Waals surface area contributed by atoms with Gasteiger partial charge in [0.2, 0.25) is 5.91 Å². The smallest absolute Gasteiger partial charge is 0.223 e. The molecule has 4 rings (SSSR count). The Hall–Kier alpha value is -1.04. The molecule has 4 aliphatic rings. The van der Waals surface area contributed by atoms with E-state index in [-0.39, 0.29) is 11.9 Å². The molecule has 0 saturated heterocycles. The summed E-state index contributed by atoms with van der Waals surface area (Å²) in [6.07, 6.45) is 10.2. The van der Waals surface area contributed by atoms with Crippen LogP contribution in [0.25, 0.3) is 0 Å². The molecule has 1 atom stereocenters. The minimum atomic E-state index is -0.307. The molecule has 4 aliphatic carbocycles. The molecule has 0 aromatic rings. The molecule has 1 amide bonds. The molecule has 0 aromatic carbocycles. The van der Waals surface area contributed by atoms with Gasteiger partial charge in [-0.25, -0.2) is 0 Å². The number of hydrogen-bond donors (Lipinski definition) is 0. The van der Waals surface area contributed by atoms with Crippen molar-refractivity contribution in [3.8, 4) is 6.07 Å². The maximum absolute atomic E-state index is 12.2. The van der Waals surface area contributed by atoms with Crippen molar-refractivity contribution in [3.05, 3.63) is 0 Å². The van der Waals surface area contributed by atoms with Gasteiger partial charge in [0.05, 0.1) is 6.07 Å². The summed E-state index contributed by atoms with van der Waals surface area (Å²) >= 11 is 0. The van der Waals surface area contributed by atoms with Crippen molar-refractivity contribution in [2.45, 2.75) is 64.3 Å². The van der Waals surface area contributed by atoms with Crippen LogP contribution in [0.1, 0.15) is 58.3 Å². The lowest BCUT2D eigenvalue weighted by atomic mass is 9.48. The predicted molar refractivity (Wildman–Crippen MR) is 77.7 cm³/mol. The average molecular weight is 274 g/mol. The van der Waals surface area contributed by atoms with Crippen LogP contribution in [0, 0.1) is 34.5 Å². The summed E-state index contributed by atoms with van der Waals surface area (Å²) in [4.78, 5) is 13.8. The van der Waals surface area contributed by atoms with Gasteiger partial charge in [-0.05, 0) is 75.0 Å². The molecule has 0 aliphatic heterocycles. The van der Waals surface area contributed by atoms with Crippen molar-refractivity contribution in [1.82, 2.24) is 4.90 Å². The van der Waals surface area contributed by atoms with Gasteiger partial charge in [-0.3, -0.25) is 4.79 Å². The first-order valence-electron chi connectivity index (χ1n) is 8.16. The fraction of sp³-hybridized carbons (Fsp3) is 0.882. The predicted octanol–water partition coefficient (Wildman–Crippen LogP) is 3.35. The zero-order valence-corrected chi connectivity index (χ0v) is 12.8. The molecule has 20 heavy (non-hydrogen) atoms. The maximum Gasteiger partial charge on any atom is 0.223 e. The van der Waals surface area contributed by atoms with E-state index in [1.54, 1.807) is 18.9 Å². The molecule has 110 valence electrons. The van der Waals surface area contributed by atoms with E-state index in [1.165, 1.54) is 38.5 Å². The van der Waals surface area contributed by atoms with E-state index in [9.17, 15) is 4.79 Å².